The van der Waals surface area contributed by atoms with Gasteiger partial charge in [0.25, 0.3) is 0 Å². The minimum atomic E-state index is -0.467. The number of aryl methyl sites for hydroxylation is 2. The number of ether oxygens (including phenoxy) is 1. The smallest absolute Gasteiger partial charge is 0.412 e. The largest absolute Gasteiger partial charge is 0.507 e. The predicted molar refractivity (Wildman–Crippen MR) is 224 cm³/mol. The molecule has 12 heteroatoms. The Kier molecular flexibility index (Phi) is 10.5. The molecule has 5 aromatic carbocycles. The quantitative estimate of drug-likeness (QED) is 0.133. The Labute approximate surface area is 330 Å². The number of phenols is 2. The topological polar surface area (TPSA) is 163 Å². The van der Waals surface area contributed by atoms with Crippen molar-refractivity contribution < 1.29 is 19.7 Å². The van der Waals surface area contributed by atoms with E-state index in [0.29, 0.717) is 35.1 Å². The number of fused-ring (bicyclic) bond motifs is 2. The SMILES string of the molecule is Cc1ccc2c(N3CCC(NC(=O)Oc4ccccc4)C3)nc(-c3ccccc3O)nc2c1.Cc1ccc2c(N3CC[C@@H](N)C3)nc(-c3ccccc3O)nc2c1. The van der Waals surface area contributed by atoms with Crippen LogP contribution in [-0.4, -0.2) is 74.5 Å². The Morgan fingerprint density at radius 1 is 0.667 bits per heavy atom. The maximum Gasteiger partial charge on any atom is 0.412 e. The second-order valence-corrected chi connectivity index (χ2v) is 14.6. The van der Waals surface area contributed by atoms with Crippen molar-refractivity contribution in [1.29, 1.82) is 0 Å². The summed E-state index contributed by atoms with van der Waals surface area (Å²) in [5.41, 5.74) is 11.3. The van der Waals surface area contributed by atoms with E-state index in [1.54, 1.807) is 36.4 Å². The molecule has 0 spiro atoms. The van der Waals surface area contributed by atoms with Crippen LogP contribution in [-0.2, 0) is 0 Å². The highest BCUT2D eigenvalue weighted by Gasteiger charge is 2.28. The Balaban J connectivity index is 0.000000168. The highest BCUT2D eigenvalue weighted by atomic mass is 16.6. The average molecular weight is 761 g/mol. The molecule has 2 aliphatic rings. The van der Waals surface area contributed by atoms with Crippen LogP contribution in [0.1, 0.15) is 24.0 Å². The van der Waals surface area contributed by atoms with Gasteiger partial charge in [0.05, 0.1) is 28.2 Å². The highest BCUT2D eigenvalue weighted by molar-refractivity contribution is 5.93. The molecule has 2 saturated heterocycles. The number of aromatic hydroxyl groups is 2. The number of para-hydroxylation sites is 3. The number of carbonyl (C=O) groups is 1. The normalized spacial score (nSPS) is 16.4. The number of carbonyl (C=O) groups excluding carboxylic acids is 1. The molecule has 0 saturated carbocycles. The second-order valence-electron chi connectivity index (χ2n) is 14.6. The first-order valence-corrected chi connectivity index (χ1v) is 19.1. The van der Waals surface area contributed by atoms with E-state index in [1.807, 2.05) is 74.5 Å². The third-order valence-electron chi connectivity index (χ3n) is 10.2. The Morgan fingerprint density at radius 3 is 1.70 bits per heavy atom. The van der Waals surface area contributed by atoms with E-state index in [0.717, 1.165) is 77.0 Å². The number of hydrogen-bond donors (Lipinski definition) is 4. The molecule has 2 aliphatic heterocycles. The lowest BCUT2D eigenvalue weighted by Gasteiger charge is -2.21. The fourth-order valence-electron chi connectivity index (χ4n) is 7.34. The van der Waals surface area contributed by atoms with Crippen LogP contribution in [0.4, 0.5) is 16.4 Å². The van der Waals surface area contributed by atoms with Gasteiger partial charge >= 0.3 is 6.09 Å². The number of nitrogens with one attached hydrogen (secondary N) is 1. The van der Waals surface area contributed by atoms with Crippen LogP contribution < -0.4 is 25.6 Å². The molecule has 0 aliphatic carbocycles. The van der Waals surface area contributed by atoms with E-state index in [4.69, 9.17) is 25.4 Å². The molecular formula is C45H44N8O4. The first-order valence-electron chi connectivity index (χ1n) is 19.1. The molecule has 1 amide bonds. The second kappa shape index (κ2) is 16.1. The molecule has 2 fully saturated rings. The van der Waals surface area contributed by atoms with E-state index in [2.05, 4.69) is 38.3 Å². The Bertz CT molecular complexity index is 2570. The minimum Gasteiger partial charge on any atom is -0.507 e. The van der Waals surface area contributed by atoms with Crippen LogP contribution in [0.5, 0.6) is 17.2 Å². The standard InChI is InChI=1S/C26H24N4O3.C19H20N4O/c1-17-11-12-20-22(15-17)28-24(21-9-5-6-10-23(21)31)29-25(20)30-14-13-18(16-30)27-26(32)33-19-7-3-2-4-8-19;1-12-6-7-14-16(10-12)21-18(15-4-2-3-5-17(15)24)22-19(14)23-9-8-13(20)11-23/h2-12,15,18,31H,13-14,16H2,1H3,(H,27,32);2-7,10,13,24H,8-9,11,20H2,1H3/t;13-/m.1/s1. The fourth-order valence-corrected chi connectivity index (χ4v) is 7.34. The molecule has 0 radical (unpaired) electrons. The molecule has 12 nitrogen and oxygen atoms in total. The van der Waals surface area contributed by atoms with E-state index < -0.39 is 6.09 Å². The summed E-state index contributed by atoms with van der Waals surface area (Å²) >= 11 is 0. The molecule has 2 aromatic heterocycles. The molecular weight excluding hydrogens is 717 g/mol. The molecule has 2 atom stereocenters. The number of aromatic nitrogens is 4. The predicted octanol–water partition coefficient (Wildman–Crippen LogP) is 7.53. The van der Waals surface area contributed by atoms with Crippen molar-refractivity contribution in [1.82, 2.24) is 25.3 Å². The Morgan fingerprint density at radius 2 is 1.18 bits per heavy atom. The zero-order valence-corrected chi connectivity index (χ0v) is 31.8. The van der Waals surface area contributed by atoms with Gasteiger partial charge in [0, 0.05) is 43.0 Å². The molecule has 57 heavy (non-hydrogen) atoms. The first-order chi connectivity index (χ1) is 27.7. The lowest BCUT2D eigenvalue weighted by molar-refractivity contribution is 0.197. The van der Waals surface area contributed by atoms with Crippen molar-refractivity contribution in [3.8, 4) is 40.0 Å². The number of hydrogen-bond acceptors (Lipinski definition) is 11. The van der Waals surface area contributed by atoms with Gasteiger partial charge in [0.15, 0.2) is 11.6 Å². The summed E-state index contributed by atoms with van der Waals surface area (Å²) in [6.45, 7) is 7.09. The first kappa shape index (κ1) is 37.1. The lowest BCUT2D eigenvalue weighted by Crippen LogP contribution is -2.39. The maximum absolute atomic E-state index is 12.3. The number of nitrogens with zero attached hydrogens (tertiary/aromatic N) is 6. The minimum absolute atomic E-state index is 0.0646. The zero-order valence-electron chi connectivity index (χ0n) is 31.8. The van der Waals surface area contributed by atoms with Crippen LogP contribution in [0.25, 0.3) is 44.6 Å². The van der Waals surface area contributed by atoms with Crippen molar-refractivity contribution in [3.63, 3.8) is 0 Å². The summed E-state index contributed by atoms with van der Waals surface area (Å²) in [5.74, 6) is 3.54. The summed E-state index contributed by atoms with van der Waals surface area (Å²) in [4.78, 5) is 35.7. The molecule has 4 heterocycles. The van der Waals surface area contributed by atoms with Crippen molar-refractivity contribution in [2.75, 3.05) is 36.0 Å². The summed E-state index contributed by atoms with van der Waals surface area (Å²) in [5, 5.41) is 25.4. The van der Waals surface area contributed by atoms with E-state index in [9.17, 15) is 15.0 Å². The van der Waals surface area contributed by atoms with E-state index in [-0.39, 0.29) is 23.6 Å². The number of rotatable bonds is 6. The fraction of sp³-hybridized carbons (Fsp3) is 0.222. The monoisotopic (exact) mass is 760 g/mol. The molecule has 288 valence electrons. The van der Waals surface area contributed by atoms with Gasteiger partial charge in [0.1, 0.15) is 28.9 Å². The average Bonchev–Trinajstić information content (AvgIpc) is 3.86. The Hall–Kier alpha value is -6.79. The molecule has 5 N–H and O–H groups in total. The van der Waals surface area contributed by atoms with Gasteiger partial charge in [-0.2, -0.15) is 0 Å². The number of nitrogens with two attached hydrogens (primary N) is 1. The van der Waals surface area contributed by atoms with Crippen LogP contribution in [0.15, 0.2) is 115 Å². The lowest BCUT2D eigenvalue weighted by atomic mass is 10.1. The molecule has 0 bridgehead atoms. The van der Waals surface area contributed by atoms with Crippen LogP contribution in [0.2, 0.25) is 0 Å². The number of benzene rings is 5. The van der Waals surface area contributed by atoms with Crippen molar-refractivity contribution in [2.24, 2.45) is 5.73 Å². The molecule has 7 aromatic rings. The van der Waals surface area contributed by atoms with Gasteiger partial charge < -0.3 is 35.8 Å². The van der Waals surface area contributed by atoms with Gasteiger partial charge in [-0.1, -0.05) is 54.6 Å². The summed E-state index contributed by atoms with van der Waals surface area (Å²) in [6, 6.07) is 35.6. The maximum atomic E-state index is 12.3. The van der Waals surface area contributed by atoms with Gasteiger partial charge in [-0.15, -0.1) is 0 Å². The van der Waals surface area contributed by atoms with Crippen LogP contribution in [0.3, 0.4) is 0 Å². The summed E-state index contributed by atoms with van der Waals surface area (Å²) < 4.78 is 5.37. The van der Waals surface area contributed by atoms with Crippen molar-refractivity contribution >= 4 is 39.5 Å². The van der Waals surface area contributed by atoms with Gasteiger partial charge in [0.2, 0.25) is 0 Å². The summed E-state index contributed by atoms with van der Waals surface area (Å²) in [7, 11) is 0. The van der Waals surface area contributed by atoms with Crippen molar-refractivity contribution in [2.45, 2.75) is 38.8 Å². The van der Waals surface area contributed by atoms with Crippen molar-refractivity contribution in [3.05, 3.63) is 126 Å². The van der Waals surface area contributed by atoms with E-state index >= 15 is 0 Å². The highest BCUT2D eigenvalue weighted by Crippen LogP contribution is 2.35. The van der Waals surface area contributed by atoms with Gasteiger partial charge in [-0.05, 0) is 98.5 Å². The van der Waals surface area contributed by atoms with E-state index in [1.165, 1.54) is 0 Å². The number of phenolic OH excluding ortho intramolecular Hbond substituents is 2. The zero-order chi connectivity index (χ0) is 39.5. The number of anilines is 2. The number of amides is 1. The molecule has 9 rings (SSSR count). The molecule has 1 unspecified atom stereocenters. The van der Waals surface area contributed by atoms with Crippen LogP contribution in [0, 0.1) is 13.8 Å². The van der Waals surface area contributed by atoms with Crippen LogP contribution >= 0.6 is 0 Å². The van der Waals surface area contributed by atoms with Gasteiger partial charge in [-0.3, -0.25) is 0 Å². The third-order valence-corrected chi connectivity index (χ3v) is 10.2. The van der Waals surface area contributed by atoms with Gasteiger partial charge in [-0.25, -0.2) is 24.7 Å². The third kappa shape index (κ3) is 8.26. The summed E-state index contributed by atoms with van der Waals surface area (Å²) in [6.07, 6.45) is 1.27.